The van der Waals surface area contributed by atoms with E-state index in [4.69, 9.17) is 9.47 Å². The van der Waals surface area contributed by atoms with Gasteiger partial charge in [0.2, 0.25) is 11.8 Å². The predicted molar refractivity (Wildman–Crippen MR) is 205 cm³/mol. The summed E-state index contributed by atoms with van der Waals surface area (Å²) >= 11 is 0. The number of ether oxygens (including phenoxy) is 2. The summed E-state index contributed by atoms with van der Waals surface area (Å²) < 4.78 is 9.64. The fraction of sp³-hybridized carbons (Fsp3) is 0.512. The van der Waals surface area contributed by atoms with Crippen LogP contribution in [0.4, 0.5) is 9.59 Å². The molecule has 0 saturated carbocycles. The standard InChI is InChI=1S/C41H52N8O6/c1-24(2)34(46-40(52)54-8)38(50)48-22-26(5)18-32(48)36-42-20-30(44-36)16-14-28-10-12-29(13-11-28)15-17-31-21-43-37(45-31)33-19-27(6)23-49(33)39(51)35(25(3)4)47(7)41(53)55-9/h10-13,20-21,24-27,32-35H,18-19,22-23H2,1-9H3,(H,42,44)(H,43,45)(H,46,52)/t26-,27-,32-,33-,34-,35?/m0/s1. The van der Waals surface area contributed by atoms with Crippen LogP contribution in [0, 0.1) is 47.4 Å². The van der Waals surface area contributed by atoms with Gasteiger partial charge in [0.15, 0.2) is 0 Å². The maximum absolute atomic E-state index is 13.8. The fourth-order valence-corrected chi connectivity index (χ4v) is 7.36. The minimum absolute atomic E-state index is 0.111. The molecule has 14 nitrogen and oxygen atoms in total. The van der Waals surface area contributed by atoms with Crippen molar-refractivity contribution in [1.82, 2.24) is 40.0 Å². The first-order valence-corrected chi connectivity index (χ1v) is 18.7. The first-order valence-electron chi connectivity index (χ1n) is 18.7. The maximum Gasteiger partial charge on any atom is 0.409 e. The first kappa shape index (κ1) is 40.4. The van der Waals surface area contributed by atoms with E-state index in [0.29, 0.717) is 36.1 Å². The van der Waals surface area contributed by atoms with E-state index in [2.05, 4.69) is 62.8 Å². The molecular formula is C41H52N8O6. The number of alkyl carbamates (subject to hydrolysis) is 1. The molecule has 5 rings (SSSR count). The molecule has 3 N–H and O–H groups in total. The van der Waals surface area contributed by atoms with Crippen LogP contribution < -0.4 is 5.32 Å². The predicted octanol–water partition coefficient (Wildman–Crippen LogP) is 4.85. The molecule has 2 saturated heterocycles. The number of aromatic nitrogens is 4. The Hall–Kier alpha value is -5.76. The number of nitrogens with zero attached hydrogens (tertiary/aromatic N) is 5. The molecule has 14 heteroatoms. The number of aromatic amines is 2. The van der Waals surface area contributed by atoms with Crippen molar-refractivity contribution in [3.05, 3.63) is 70.8 Å². The molecule has 4 amide bonds. The van der Waals surface area contributed by atoms with Crippen LogP contribution in [0.15, 0.2) is 36.7 Å². The van der Waals surface area contributed by atoms with Gasteiger partial charge in [-0.05, 0) is 72.6 Å². The van der Waals surface area contributed by atoms with Crippen molar-refractivity contribution in [1.29, 1.82) is 0 Å². The molecule has 0 aliphatic carbocycles. The molecule has 3 aromatic rings. The van der Waals surface area contributed by atoms with Crippen LogP contribution in [0.2, 0.25) is 0 Å². The normalized spacial score (nSPS) is 20.3. The Morgan fingerprint density at radius 3 is 1.65 bits per heavy atom. The Kier molecular flexibility index (Phi) is 12.9. The number of hydrogen-bond acceptors (Lipinski definition) is 8. The average Bonchev–Trinajstić information content (AvgIpc) is 3.98. The number of nitrogens with one attached hydrogen (secondary N) is 3. The van der Waals surface area contributed by atoms with E-state index in [0.717, 1.165) is 24.0 Å². The van der Waals surface area contributed by atoms with Crippen molar-refractivity contribution in [2.45, 2.75) is 78.6 Å². The summed E-state index contributed by atoms with van der Waals surface area (Å²) in [4.78, 5) is 72.3. The van der Waals surface area contributed by atoms with Gasteiger partial charge >= 0.3 is 12.2 Å². The molecule has 0 spiro atoms. The molecule has 55 heavy (non-hydrogen) atoms. The quantitative estimate of drug-likeness (QED) is 0.275. The number of H-pyrrole nitrogens is 2. The Labute approximate surface area is 323 Å². The van der Waals surface area contributed by atoms with Gasteiger partial charge in [-0.1, -0.05) is 53.4 Å². The number of carbonyl (C=O) groups is 4. The lowest BCUT2D eigenvalue weighted by atomic mass is 10.0. The van der Waals surface area contributed by atoms with Gasteiger partial charge in [-0.2, -0.15) is 0 Å². The third kappa shape index (κ3) is 9.49. The number of likely N-dealkylation sites (N-methyl/N-ethyl adjacent to an activating group) is 1. The smallest absolute Gasteiger partial charge is 0.409 e. The summed E-state index contributed by atoms with van der Waals surface area (Å²) in [5, 5.41) is 2.68. The summed E-state index contributed by atoms with van der Waals surface area (Å²) in [5.74, 6) is 13.9. The summed E-state index contributed by atoms with van der Waals surface area (Å²) in [6.45, 7) is 12.9. The van der Waals surface area contributed by atoms with Crippen molar-refractivity contribution in [2.75, 3.05) is 34.4 Å². The fourth-order valence-electron chi connectivity index (χ4n) is 7.36. The molecule has 2 aliphatic rings. The topological polar surface area (TPSA) is 166 Å². The van der Waals surface area contributed by atoms with Crippen molar-refractivity contribution in [2.24, 2.45) is 23.7 Å². The lowest BCUT2D eigenvalue weighted by molar-refractivity contribution is -0.139. The highest BCUT2D eigenvalue weighted by Gasteiger charge is 2.42. The summed E-state index contributed by atoms with van der Waals surface area (Å²) in [6, 6.07) is 5.68. The Morgan fingerprint density at radius 2 is 1.24 bits per heavy atom. The molecule has 4 heterocycles. The van der Waals surface area contributed by atoms with Gasteiger partial charge in [0.1, 0.15) is 35.1 Å². The number of methoxy groups -OCH3 is 2. The lowest BCUT2D eigenvalue weighted by Gasteiger charge is -2.34. The van der Waals surface area contributed by atoms with Crippen LogP contribution in [0.1, 0.15) is 101 Å². The number of benzene rings is 1. The Bertz CT molecular complexity index is 1980. The summed E-state index contributed by atoms with van der Waals surface area (Å²) in [5.41, 5.74) is 2.84. The number of amides is 4. The van der Waals surface area contributed by atoms with Crippen molar-refractivity contribution in [3.63, 3.8) is 0 Å². The van der Waals surface area contributed by atoms with Gasteiger partial charge in [-0.3, -0.25) is 14.5 Å². The Morgan fingerprint density at radius 1 is 0.764 bits per heavy atom. The second kappa shape index (κ2) is 17.6. The maximum atomic E-state index is 13.8. The van der Waals surface area contributed by atoms with E-state index in [1.54, 1.807) is 24.3 Å². The number of likely N-dealkylation sites (tertiary alicyclic amines) is 2. The van der Waals surface area contributed by atoms with E-state index >= 15 is 0 Å². The van der Waals surface area contributed by atoms with Gasteiger partial charge in [0.25, 0.3) is 0 Å². The summed E-state index contributed by atoms with van der Waals surface area (Å²) in [7, 11) is 4.18. The van der Waals surface area contributed by atoms with Crippen LogP contribution in [0.3, 0.4) is 0 Å². The van der Waals surface area contributed by atoms with E-state index in [1.165, 1.54) is 19.1 Å². The molecule has 1 unspecified atom stereocenters. The van der Waals surface area contributed by atoms with Crippen molar-refractivity contribution < 1.29 is 28.7 Å². The molecule has 0 radical (unpaired) electrons. The van der Waals surface area contributed by atoms with Gasteiger partial charge < -0.3 is 34.6 Å². The molecule has 6 atom stereocenters. The highest BCUT2D eigenvalue weighted by atomic mass is 16.5. The molecule has 292 valence electrons. The highest BCUT2D eigenvalue weighted by molar-refractivity contribution is 5.87. The number of imidazole rings is 2. The second-order valence-corrected chi connectivity index (χ2v) is 15.3. The van der Waals surface area contributed by atoms with Crippen molar-refractivity contribution in [3.8, 4) is 23.7 Å². The molecule has 2 aromatic heterocycles. The minimum Gasteiger partial charge on any atom is -0.453 e. The van der Waals surface area contributed by atoms with E-state index in [9.17, 15) is 19.2 Å². The molecule has 0 bridgehead atoms. The van der Waals surface area contributed by atoms with E-state index in [-0.39, 0.29) is 47.6 Å². The van der Waals surface area contributed by atoms with Gasteiger partial charge in [0.05, 0.1) is 38.7 Å². The third-order valence-electron chi connectivity index (χ3n) is 10.1. The third-order valence-corrected chi connectivity index (χ3v) is 10.1. The zero-order valence-corrected chi connectivity index (χ0v) is 33.1. The SMILES string of the molecule is COC(=O)N[C@H](C(=O)N1C[C@@H](C)C[C@H]1c1ncc(C#Cc2ccc(C#Cc3cnc([C@@H]4C[C@H](C)CN4C(=O)C(C(C)C)N(C)C(=O)OC)[nH]3)cc2)[nH]1)C(C)C. The van der Waals surface area contributed by atoms with Crippen LogP contribution >= 0.6 is 0 Å². The monoisotopic (exact) mass is 752 g/mol. The number of carbonyl (C=O) groups excluding carboxylic acids is 4. The highest BCUT2D eigenvalue weighted by Crippen LogP contribution is 2.36. The largest absolute Gasteiger partial charge is 0.453 e. The zero-order valence-electron chi connectivity index (χ0n) is 33.1. The van der Waals surface area contributed by atoms with Crippen LogP contribution in [0.5, 0.6) is 0 Å². The van der Waals surface area contributed by atoms with Gasteiger partial charge in [-0.25, -0.2) is 19.6 Å². The van der Waals surface area contributed by atoms with E-state index in [1.807, 2.05) is 56.9 Å². The zero-order chi connectivity index (χ0) is 40.0. The number of rotatable bonds is 8. The summed E-state index contributed by atoms with van der Waals surface area (Å²) in [6.07, 6.45) is 3.64. The van der Waals surface area contributed by atoms with E-state index < -0.39 is 24.3 Å². The average molecular weight is 753 g/mol. The molecular weight excluding hydrogens is 701 g/mol. The Balaban J connectivity index is 1.23. The lowest BCUT2D eigenvalue weighted by Crippen LogP contribution is -2.52. The number of hydrogen-bond donors (Lipinski definition) is 3. The molecule has 2 fully saturated rings. The minimum atomic E-state index is -0.713. The van der Waals surface area contributed by atoms with Gasteiger partial charge in [-0.15, -0.1) is 0 Å². The van der Waals surface area contributed by atoms with Crippen LogP contribution in [0.25, 0.3) is 0 Å². The second-order valence-electron chi connectivity index (χ2n) is 15.3. The molecule has 2 aliphatic heterocycles. The van der Waals surface area contributed by atoms with Crippen LogP contribution in [-0.2, 0) is 19.1 Å². The van der Waals surface area contributed by atoms with Crippen LogP contribution in [-0.4, -0.2) is 105 Å². The first-order chi connectivity index (χ1) is 26.2. The molecule has 1 aromatic carbocycles. The van der Waals surface area contributed by atoms with Crippen molar-refractivity contribution >= 4 is 24.0 Å². The van der Waals surface area contributed by atoms with Gasteiger partial charge in [0, 0.05) is 31.3 Å².